The molecular formula is C32H36N4O3S. The molecule has 3 heterocycles. The van der Waals surface area contributed by atoms with Crippen molar-refractivity contribution < 1.29 is 14.3 Å². The Bertz CT molecular complexity index is 1420. The minimum absolute atomic E-state index is 0.0301. The number of carbonyl (C=O) groups is 2. The van der Waals surface area contributed by atoms with E-state index in [1.165, 1.54) is 5.56 Å². The number of hydrogen-bond acceptors (Lipinski definition) is 7. The molecule has 4 aromatic rings. The first-order chi connectivity index (χ1) is 19.6. The van der Waals surface area contributed by atoms with E-state index in [1.807, 2.05) is 29.2 Å². The molecule has 2 aromatic carbocycles. The summed E-state index contributed by atoms with van der Waals surface area (Å²) in [6, 6.07) is 20.8. The smallest absolute Gasteiger partial charge is 0.319 e. The lowest BCUT2D eigenvalue weighted by Crippen LogP contribution is -2.38. The number of aromatic nitrogens is 1. The molecule has 1 amide bonds. The summed E-state index contributed by atoms with van der Waals surface area (Å²) >= 11 is 1.61. The Kier molecular flexibility index (Phi) is 9.42. The summed E-state index contributed by atoms with van der Waals surface area (Å²) in [6.45, 7) is 5.08. The number of hydrogen-bond donors (Lipinski definition) is 2. The molecule has 0 radical (unpaired) electrons. The summed E-state index contributed by atoms with van der Waals surface area (Å²) in [7, 11) is 0. The van der Waals surface area contributed by atoms with Gasteiger partial charge in [0.05, 0.1) is 34.6 Å². The molecule has 1 fully saturated rings. The number of nitrogens with zero attached hydrogens (tertiary/aromatic N) is 2. The van der Waals surface area contributed by atoms with Gasteiger partial charge in [-0.25, -0.2) is 0 Å². The molecule has 1 aliphatic rings. The van der Waals surface area contributed by atoms with Crippen molar-refractivity contribution in [3.05, 3.63) is 94.5 Å². The third-order valence-corrected chi connectivity index (χ3v) is 8.43. The monoisotopic (exact) mass is 556 g/mol. The number of pyridine rings is 1. The summed E-state index contributed by atoms with van der Waals surface area (Å²) in [5, 5.41) is 8.84. The van der Waals surface area contributed by atoms with Gasteiger partial charge in [-0.2, -0.15) is 0 Å². The number of ether oxygens (including phenoxy) is 1. The summed E-state index contributed by atoms with van der Waals surface area (Å²) in [4.78, 5) is 32.2. The summed E-state index contributed by atoms with van der Waals surface area (Å²) in [5.41, 5.74) is 5.97. The Morgan fingerprint density at radius 1 is 1.05 bits per heavy atom. The zero-order valence-electron chi connectivity index (χ0n) is 22.9. The number of rotatable bonds is 11. The molecule has 1 saturated heterocycles. The quantitative estimate of drug-likeness (QED) is 0.184. The maximum Gasteiger partial charge on any atom is 0.319 e. The molecule has 2 aromatic heterocycles. The van der Waals surface area contributed by atoms with Crippen LogP contribution in [0.5, 0.6) is 0 Å². The van der Waals surface area contributed by atoms with Crippen LogP contribution >= 0.6 is 11.3 Å². The molecule has 8 heteroatoms. The zero-order chi connectivity index (χ0) is 27.7. The maximum atomic E-state index is 13.9. The summed E-state index contributed by atoms with van der Waals surface area (Å²) in [6.07, 6.45) is 4.38. The van der Waals surface area contributed by atoms with Gasteiger partial charge >= 0.3 is 5.97 Å². The molecule has 5 rings (SSSR count). The fraction of sp³-hybridized carbons (Fsp3) is 0.344. The minimum atomic E-state index is -0.251. The molecule has 208 valence electrons. The van der Waals surface area contributed by atoms with Crippen LogP contribution in [-0.4, -0.2) is 54.5 Å². The average Bonchev–Trinajstić information content (AvgIpc) is 3.42. The van der Waals surface area contributed by atoms with Gasteiger partial charge in [0.2, 0.25) is 0 Å². The molecule has 0 atom stereocenters. The number of thiophene rings is 1. The topological polar surface area (TPSA) is 83.6 Å². The van der Waals surface area contributed by atoms with E-state index in [-0.39, 0.29) is 18.4 Å². The van der Waals surface area contributed by atoms with E-state index in [4.69, 9.17) is 9.72 Å². The predicted molar refractivity (Wildman–Crippen MR) is 161 cm³/mol. The van der Waals surface area contributed by atoms with Gasteiger partial charge in [0, 0.05) is 25.8 Å². The maximum absolute atomic E-state index is 13.9. The van der Waals surface area contributed by atoms with Gasteiger partial charge in [0.15, 0.2) is 0 Å². The molecule has 2 N–H and O–H groups in total. The lowest BCUT2D eigenvalue weighted by atomic mass is 9.89. The molecule has 0 spiro atoms. The Morgan fingerprint density at radius 3 is 2.50 bits per heavy atom. The van der Waals surface area contributed by atoms with Crippen LogP contribution in [0.4, 0.5) is 5.69 Å². The van der Waals surface area contributed by atoms with E-state index in [1.54, 1.807) is 24.5 Å². The number of amides is 1. The second-order valence-corrected chi connectivity index (χ2v) is 10.9. The van der Waals surface area contributed by atoms with Crippen molar-refractivity contribution in [2.45, 2.75) is 38.6 Å². The van der Waals surface area contributed by atoms with Crippen LogP contribution in [0.25, 0.3) is 10.2 Å². The van der Waals surface area contributed by atoms with E-state index in [2.05, 4.69) is 52.4 Å². The van der Waals surface area contributed by atoms with E-state index >= 15 is 0 Å². The highest BCUT2D eigenvalue weighted by Gasteiger charge is 2.27. The standard InChI is InChI=1S/C32H36N4O3S/c1-2-39-28(37)21-33-16-13-26-22-40-31-29(26)35-20-27(30(31)34-19-23-9-5-3-6-10-23)32(38)36-17-14-25(15-18-36)24-11-7-4-8-12-24/h3-12,20,22,25,33H,2,13-19,21H2,1H3,(H,34,35). The second kappa shape index (κ2) is 13.5. The number of carbonyl (C=O) groups excluding carboxylic acids is 2. The van der Waals surface area contributed by atoms with Gasteiger partial charge in [-0.15, -0.1) is 11.3 Å². The molecule has 0 saturated carbocycles. The highest BCUT2D eigenvalue weighted by molar-refractivity contribution is 7.18. The van der Waals surface area contributed by atoms with Gasteiger partial charge in [-0.05, 0) is 60.7 Å². The van der Waals surface area contributed by atoms with Gasteiger partial charge in [-0.1, -0.05) is 60.7 Å². The number of benzene rings is 2. The highest BCUT2D eigenvalue weighted by atomic mass is 32.1. The third-order valence-electron chi connectivity index (χ3n) is 7.40. The summed E-state index contributed by atoms with van der Waals surface area (Å²) in [5.74, 6) is 0.264. The van der Waals surface area contributed by atoms with Gasteiger partial charge in [0.25, 0.3) is 5.91 Å². The normalized spacial score (nSPS) is 13.9. The van der Waals surface area contributed by atoms with Crippen LogP contribution in [0.15, 0.2) is 72.2 Å². The van der Waals surface area contributed by atoms with Gasteiger partial charge < -0.3 is 20.3 Å². The first-order valence-corrected chi connectivity index (χ1v) is 14.9. The van der Waals surface area contributed by atoms with Crippen LogP contribution in [0.1, 0.15) is 52.7 Å². The Hall–Kier alpha value is -3.75. The van der Waals surface area contributed by atoms with E-state index in [0.717, 1.165) is 59.4 Å². The largest absolute Gasteiger partial charge is 0.465 e. The first-order valence-electron chi connectivity index (χ1n) is 14.0. The number of fused-ring (bicyclic) bond motifs is 1. The van der Waals surface area contributed by atoms with Crippen molar-refractivity contribution in [3.8, 4) is 0 Å². The molecule has 0 bridgehead atoms. The van der Waals surface area contributed by atoms with Crippen molar-refractivity contribution >= 4 is 39.1 Å². The number of nitrogens with one attached hydrogen (secondary N) is 2. The van der Waals surface area contributed by atoms with E-state index in [9.17, 15) is 9.59 Å². The molecule has 40 heavy (non-hydrogen) atoms. The number of likely N-dealkylation sites (tertiary alicyclic amines) is 1. The SMILES string of the molecule is CCOC(=O)CNCCc1csc2c(NCc3ccccc3)c(C(=O)N3CCC(c4ccccc4)CC3)cnc12. The average molecular weight is 557 g/mol. The van der Waals surface area contributed by atoms with Crippen LogP contribution in [-0.2, 0) is 22.5 Å². The Morgan fingerprint density at radius 2 is 1.77 bits per heavy atom. The Balaban J connectivity index is 1.34. The van der Waals surface area contributed by atoms with Crippen LogP contribution < -0.4 is 10.6 Å². The fourth-order valence-corrected chi connectivity index (χ4v) is 6.35. The van der Waals surface area contributed by atoms with E-state index < -0.39 is 0 Å². The number of piperidine rings is 1. The van der Waals surface area contributed by atoms with E-state index in [0.29, 0.717) is 31.2 Å². The molecule has 7 nitrogen and oxygen atoms in total. The molecule has 0 unspecified atom stereocenters. The van der Waals surface area contributed by atoms with Crippen LogP contribution in [0.2, 0.25) is 0 Å². The van der Waals surface area contributed by atoms with Gasteiger partial charge in [-0.3, -0.25) is 14.6 Å². The highest BCUT2D eigenvalue weighted by Crippen LogP contribution is 2.36. The minimum Gasteiger partial charge on any atom is -0.465 e. The zero-order valence-corrected chi connectivity index (χ0v) is 23.7. The fourth-order valence-electron chi connectivity index (χ4n) is 5.26. The number of esters is 1. The van der Waals surface area contributed by atoms with Gasteiger partial charge in [0.1, 0.15) is 0 Å². The van der Waals surface area contributed by atoms with Crippen molar-refractivity contribution in [1.82, 2.24) is 15.2 Å². The van der Waals surface area contributed by atoms with Crippen molar-refractivity contribution in [1.29, 1.82) is 0 Å². The van der Waals surface area contributed by atoms with Crippen LogP contribution in [0.3, 0.4) is 0 Å². The summed E-state index contributed by atoms with van der Waals surface area (Å²) < 4.78 is 5.97. The predicted octanol–water partition coefficient (Wildman–Crippen LogP) is 5.62. The first kappa shape index (κ1) is 27.8. The third kappa shape index (κ3) is 6.69. The molecular weight excluding hydrogens is 520 g/mol. The lowest BCUT2D eigenvalue weighted by Gasteiger charge is -2.32. The van der Waals surface area contributed by atoms with Crippen molar-refractivity contribution in [2.24, 2.45) is 0 Å². The van der Waals surface area contributed by atoms with Crippen molar-refractivity contribution in [3.63, 3.8) is 0 Å². The number of anilines is 1. The Labute approximate surface area is 239 Å². The second-order valence-electron chi connectivity index (χ2n) is 10.0. The van der Waals surface area contributed by atoms with Crippen LogP contribution in [0, 0.1) is 0 Å². The molecule has 1 aliphatic heterocycles. The molecule has 0 aliphatic carbocycles. The lowest BCUT2D eigenvalue weighted by molar-refractivity contribution is -0.141. The van der Waals surface area contributed by atoms with Crippen molar-refractivity contribution in [2.75, 3.05) is 38.1 Å².